The molecule has 0 aliphatic heterocycles. The largest absolute Gasteiger partial charge is 0.465 e. The molecule has 14 heavy (non-hydrogen) atoms. The lowest BCUT2D eigenvalue weighted by Gasteiger charge is -1.93. The van der Waals surface area contributed by atoms with Crippen LogP contribution >= 0.6 is 0 Å². The lowest BCUT2D eigenvalue weighted by molar-refractivity contribution is -0.104. The molecule has 4 heteroatoms. The molecular weight excluding hydrogens is 184 g/mol. The van der Waals surface area contributed by atoms with Crippen LogP contribution in [0, 0.1) is 6.92 Å². The van der Waals surface area contributed by atoms with Crippen LogP contribution in [0.25, 0.3) is 6.08 Å². The molecule has 0 radical (unpaired) electrons. The summed E-state index contributed by atoms with van der Waals surface area (Å²) in [6, 6.07) is 1.53. The highest BCUT2D eigenvalue weighted by Gasteiger charge is 2.13. The molecule has 0 bridgehead atoms. The zero-order valence-corrected chi connectivity index (χ0v) is 7.94. The van der Waals surface area contributed by atoms with Crippen molar-refractivity contribution in [2.75, 3.05) is 7.11 Å². The number of esters is 1. The minimum Gasteiger partial charge on any atom is -0.465 e. The Kier molecular flexibility index (Phi) is 3.23. The van der Waals surface area contributed by atoms with Crippen LogP contribution in [-0.4, -0.2) is 19.4 Å². The van der Waals surface area contributed by atoms with Crippen LogP contribution in [0.3, 0.4) is 0 Å². The van der Waals surface area contributed by atoms with Crippen molar-refractivity contribution in [3.8, 4) is 0 Å². The number of furan rings is 1. The number of ether oxygens (including phenoxy) is 1. The molecule has 0 aliphatic rings. The van der Waals surface area contributed by atoms with Gasteiger partial charge in [0.1, 0.15) is 23.4 Å². The highest BCUT2D eigenvalue weighted by atomic mass is 16.5. The standard InChI is InChI=1S/C10H10O4/c1-7-9(10(12)13-2)6-8(14-7)4-3-5-11/h3-6H,1-2H3/b4-3+. The molecule has 0 N–H and O–H groups in total. The number of hydrogen-bond acceptors (Lipinski definition) is 4. The van der Waals surface area contributed by atoms with Gasteiger partial charge in [-0.3, -0.25) is 4.79 Å². The minimum atomic E-state index is -0.447. The van der Waals surface area contributed by atoms with Gasteiger partial charge in [-0.15, -0.1) is 0 Å². The first kappa shape index (κ1) is 10.2. The van der Waals surface area contributed by atoms with Gasteiger partial charge < -0.3 is 9.15 Å². The van der Waals surface area contributed by atoms with Crippen molar-refractivity contribution in [1.82, 2.24) is 0 Å². The summed E-state index contributed by atoms with van der Waals surface area (Å²) in [5, 5.41) is 0. The molecular formula is C10H10O4. The summed E-state index contributed by atoms with van der Waals surface area (Å²) in [6.07, 6.45) is 3.40. The molecule has 1 rings (SSSR count). The van der Waals surface area contributed by atoms with Gasteiger partial charge in [-0.2, -0.15) is 0 Å². The van der Waals surface area contributed by atoms with Gasteiger partial charge in [-0.25, -0.2) is 4.79 Å². The first-order chi connectivity index (χ1) is 6.69. The van der Waals surface area contributed by atoms with E-state index in [4.69, 9.17) is 4.42 Å². The predicted octanol–water partition coefficient (Wildman–Crippen LogP) is 1.59. The van der Waals surface area contributed by atoms with Gasteiger partial charge in [0.25, 0.3) is 0 Å². The molecule has 0 aromatic carbocycles. The maximum absolute atomic E-state index is 11.1. The van der Waals surface area contributed by atoms with Crippen LogP contribution in [0.5, 0.6) is 0 Å². The molecule has 0 amide bonds. The monoisotopic (exact) mass is 194 g/mol. The fourth-order valence-corrected chi connectivity index (χ4v) is 1.03. The number of hydrogen-bond donors (Lipinski definition) is 0. The van der Waals surface area contributed by atoms with E-state index in [9.17, 15) is 9.59 Å². The first-order valence-electron chi connectivity index (χ1n) is 3.99. The zero-order chi connectivity index (χ0) is 10.6. The summed E-state index contributed by atoms with van der Waals surface area (Å²) in [7, 11) is 1.30. The molecule has 1 heterocycles. The van der Waals surface area contributed by atoms with E-state index < -0.39 is 5.97 Å². The highest BCUT2D eigenvalue weighted by molar-refractivity contribution is 5.91. The van der Waals surface area contributed by atoms with Crippen molar-refractivity contribution in [1.29, 1.82) is 0 Å². The summed E-state index contributed by atoms with van der Waals surface area (Å²) in [5.41, 5.74) is 0.373. The quantitative estimate of drug-likeness (QED) is 0.416. The van der Waals surface area contributed by atoms with Gasteiger partial charge in [0.15, 0.2) is 0 Å². The number of aldehydes is 1. The van der Waals surface area contributed by atoms with E-state index >= 15 is 0 Å². The second-order valence-corrected chi connectivity index (χ2v) is 2.61. The molecule has 4 nitrogen and oxygen atoms in total. The molecule has 1 aromatic heterocycles. The Morgan fingerprint density at radius 2 is 2.29 bits per heavy atom. The Balaban J connectivity index is 2.98. The van der Waals surface area contributed by atoms with E-state index in [0.717, 1.165) is 0 Å². The van der Waals surface area contributed by atoms with E-state index in [1.165, 1.54) is 25.3 Å². The summed E-state index contributed by atoms with van der Waals surface area (Å²) in [5.74, 6) is 0.481. The fraction of sp³-hybridized carbons (Fsp3) is 0.200. The maximum Gasteiger partial charge on any atom is 0.341 e. The summed E-state index contributed by atoms with van der Waals surface area (Å²) >= 11 is 0. The van der Waals surface area contributed by atoms with Crippen molar-refractivity contribution in [3.63, 3.8) is 0 Å². The third-order valence-corrected chi connectivity index (χ3v) is 1.68. The van der Waals surface area contributed by atoms with E-state index in [1.807, 2.05) is 0 Å². The van der Waals surface area contributed by atoms with Gasteiger partial charge in [0, 0.05) is 0 Å². The van der Waals surface area contributed by atoms with Gasteiger partial charge in [0.2, 0.25) is 0 Å². The Bertz CT molecular complexity index is 373. The van der Waals surface area contributed by atoms with Gasteiger partial charge in [-0.1, -0.05) is 0 Å². The molecule has 0 fully saturated rings. The molecule has 1 aromatic rings. The number of methoxy groups -OCH3 is 1. The number of aryl methyl sites for hydroxylation is 1. The molecule has 0 aliphatic carbocycles. The molecule has 0 saturated carbocycles. The number of carbonyl (C=O) groups excluding carboxylic acids is 2. The first-order valence-corrected chi connectivity index (χ1v) is 3.99. The summed E-state index contributed by atoms with van der Waals surface area (Å²) in [4.78, 5) is 21.2. The van der Waals surface area contributed by atoms with E-state index in [0.29, 0.717) is 23.4 Å². The molecule has 74 valence electrons. The number of carbonyl (C=O) groups is 2. The third kappa shape index (κ3) is 2.10. The Labute approximate surface area is 81.2 Å². The lowest BCUT2D eigenvalue weighted by Crippen LogP contribution is -2.00. The van der Waals surface area contributed by atoms with Gasteiger partial charge >= 0.3 is 5.97 Å². The Hall–Kier alpha value is -1.84. The maximum atomic E-state index is 11.1. The average Bonchev–Trinajstić information content (AvgIpc) is 2.55. The smallest absolute Gasteiger partial charge is 0.341 e. The highest BCUT2D eigenvalue weighted by Crippen LogP contribution is 2.16. The SMILES string of the molecule is COC(=O)c1cc(/C=C/C=O)oc1C. The van der Waals surface area contributed by atoms with Crippen LogP contribution in [-0.2, 0) is 9.53 Å². The van der Waals surface area contributed by atoms with Crippen LogP contribution in [0.1, 0.15) is 21.9 Å². The number of allylic oxidation sites excluding steroid dienone is 1. The van der Waals surface area contributed by atoms with Crippen LogP contribution in [0.15, 0.2) is 16.6 Å². The molecule has 0 unspecified atom stereocenters. The Morgan fingerprint density at radius 1 is 1.57 bits per heavy atom. The number of rotatable bonds is 3. The van der Waals surface area contributed by atoms with Crippen molar-refractivity contribution >= 4 is 18.3 Å². The van der Waals surface area contributed by atoms with Gasteiger partial charge in [0.05, 0.1) is 7.11 Å². The average molecular weight is 194 g/mol. The van der Waals surface area contributed by atoms with Gasteiger partial charge in [-0.05, 0) is 25.1 Å². The predicted molar refractivity (Wildman–Crippen MR) is 49.9 cm³/mol. The second kappa shape index (κ2) is 4.41. The zero-order valence-electron chi connectivity index (χ0n) is 7.94. The molecule has 0 atom stereocenters. The van der Waals surface area contributed by atoms with E-state index in [1.54, 1.807) is 6.92 Å². The van der Waals surface area contributed by atoms with Crippen LogP contribution in [0.4, 0.5) is 0 Å². The molecule has 0 spiro atoms. The fourth-order valence-electron chi connectivity index (χ4n) is 1.03. The summed E-state index contributed by atoms with van der Waals surface area (Å²) in [6.45, 7) is 1.66. The van der Waals surface area contributed by atoms with Crippen molar-refractivity contribution in [3.05, 3.63) is 29.2 Å². The minimum absolute atomic E-state index is 0.373. The Morgan fingerprint density at radius 3 is 2.86 bits per heavy atom. The normalized spacial score (nSPS) is 10.4. The second-order valence-electron chi connectivity index (χ2n) is 2.61. The topological polar surface area (TPSA) is 56.5 Å². The van der Waals surface area contributed by atoms with Crippen LogP contribution in [0.2, 0.25) is 0 Å². The van der Waals surface area contributed by atoms with E-state index in [-0.39, 0.29) is 0 Å². The van der Waals surface area contributed by atoms with E-state index in [2.05, 4.69) is 4.74 Å². The van der Waals surface area contributed by atoms with Crippen molar-refractivity contribution in [2.24, 2.45) is 0 Å². The summed E-state index contributed by atoms with van der Waals surface area (Å²) < 4.78 is 9.74. The lowest BCUT2D eigenvalue weighted by atomic mass is 10.2. The van der Waals surface area contributed by atoms with Crippen molar-refractivity contribution < 1.29 is 18.7 Å². The molecule has 0 saturated heterocycles. The third-order valence-electron chi connectivity index (χ3n) is 1.68. The van der Waals surface area contributed by atoms with Crippen molar-refractivity contribution in [2.45, 2.75) is 6.92 Å². The van der Waals surface area contributed by atoms with Crippen LogP contribution < -0.4 is 0 Å².